The van der Waals surface area contributed by atoms with Gasteiger partial charge >= 0.3 is 0 Å². The summed E-state index contributed by atoms with van der Waals surface area (Å²) in [6.07, 6.45) is 8.43. The number of rotatable bonds is 3. The molecule has 1 aromatic rings. The first-order chi connectivity index (χ1) is 10.1. The van der Waals surface area contributed by atoms with Gasteiger partial charge in [0.15, 0.2) is 0 Å². The largest absolute Gasteiger partial charge is 0.388 e. The Morgan fingerprint density at radius 2 is 2.24 bits per heavy atom. The molecule has 21 heavy (non-hydrogen) atoms. The summed E-state index contributed by atoms with van der Waals surface area (Å²) in [6, 6.07) is 0. The predicted molar refractivity (Wildman–Crippen MR) is 85.9 cm³/mol. The zero-order chi connectivity index (χ0) is 14.9. The van der Waals surface area contributed by atoms with Crippen molar-refractivity contribution < 1.29 is 9.90 Å². The Balaban J connectivity index is 1.63. The Labute approximate surface area is 130 Å². The minimum atomic E-state index is -0.705. The van der Waals surface area contributed by atoms with E-state index in [1.165, 1.54) is 29.7 Å². The number of hydrogen-bond acceptors (Lipinski definition) is 3. The molecule has 0 radical (unpaired) electrons. The maximum atomic E-state index is 12.4. The van der Waals surface area contributed by atoms with Crippen LogP contribution in [0, 0.1) is 5.92 Å². The number of carbonyl (C=O) groups is 1. The van der Waals surface area contributed by atoms with Gasteiger partial charge in [-0.2, -0.15) is 0 Å². The summed E-state index contributed by atoms with van der Waals surface area (Å²) < 4.78 is 0. The second-order valence-electron chi connectivity index (χ2n) is 6.87. The number of aliphatic hydroxyl groups is 1. The molecule has 2 unspecified atom stereocenters. The topological polar surface area (TPSA) is 49.3 Å². The van der Waals surface area contributed by atoms with E-state index in [4.69, 9.17) is 0 Å². The lowest BCUT2D eigenvalue weighted by molar-refractivity contribution is -0.0109. The molecule has 116 valence electrons. The first-order valence-electron chi connectivity index (χ1n) is 8.17. The van der Waals surface area contributed by atoms with Gasteiger partial charge in [0.25, 0.3) is 5.91 Å². The van der Waals surface area contributed by atoms with Crippen LogP contribution in [0.1, 0.15) is 66.2 Å². The van der Waals surface area contributed by atoms with Gasteiger partial charge < -0.3 is 10.4 Å². The van der Waals surface area contributed by atoms with Crippen molar-refractivity contribution in [1.82, 2.24) is 5.32 Å². The number of hydrogen-bond donors (Lipinski definition) is 2. The fourth-order valence-corrected chi connectivity index (χ4v) is 4.94. The van der Waals surface area contributed by atoms with Crippen LogP contribution < -0.4 is 5.32 Å². The lowest BCUT2D eigenvalue weighted by Gasteiger charge is -2.35. The molecule has 4 heteroatoms. The average Bonchev–Trinajstić information content (AvgIpc) is 2.89. The molecule has 1 fully saturated rings. The van der Waals surface area contributed by atoms with E-state index in [-0.39, 0.29) is 5.91 Å². The molecule has 0 spiro atoms. The van der Waals surface area contributed by atoms with E-state index in [0.717, 1.165) is 37.7 Å². The van der Waals surface area contributed by atoms with E-state index in [9.17, 15) is 9.90 Å². The van der Waals surface area contributed by atoms with E-state index in [1.807, 2.05) is 5.38 Å². The van der Waals surface area contributed by atoms with Gasteiger partial charge in [-0.15, -0.1) is 11.3 Å². The van der Waals surface area contributed by atoms with E-state index in [0.29, 0.717) is 12.5 Å². The van der Waals surface area contributed by atoms with Crippen LogP contribution >= 0.6 is 11.3 Å². The molecule has 1 heterocycles. The molecule has 0 saturated heterocycles. The van der Waals surface area contributed by atoms with E-state index in [1.54, 1.807) is 11.3 Å². The Hall–Kier alpha value is -0.870. The third-order valence-electron chi connectivity index (χ3n) is 4.95. The van der Waals surface area contributed by atoms with Crippen LogP contribution in [0.5, 0.6) is 0 Å². The monoisotopic (exact) mass is 307 g/mol. The molecule has 0 aliphatic heterocycles. The fraction of sp³-hybridized carbons (Fsp3) is 0.706. The zero-order valence-electron chi connectivity index (χ0n) is 12.8. The molecule has 3 nitrogen and oxygen atoms in total. The lowest BCUT2D eigenvalue weighted by Crippen LogP contribution is -2.45. The highest BCUT2D eigenvalue weighted by molar-refractivity contribution is 7.10. The Bertz CT molecular complexity index is 525. The SMILES string of the molecule is CC1CCCC(O)(CNC(=O)c2csc3c2CCCC3)C1. The standard InChI is InChI=1S/C17H25NO2S/c1-12-5-4-8-17(20,9-12)11-18-16(19)14-10-21-15-7-3-2-6-13(14)15/h10,12,20H,2-9,11H2,1H3,(H,18,19). The molecule has 1 aromatic heterocycles. The van der Waals surface area contributed by atoms with Crippen molar-refractivity contribution in [2.75, 3.05) is 6.54 Å². The number of nitrogens with one attached hydrogen (secondary N) is 1. The highest BCUT2D eigenvalue weighted by atomic mass is 32.1. The number of amides is 1. The zero-order valence-corrected chi connectivity index (χ0v) is 13.6. The maximum absolute atomic E-state index is 12.4. The summed E-state index contributed by atoms with van der Waals surface area (Å²) in [4.78, 5) is 13.8. The summed E-state index contributed by atoms with van der Waals surface area (Å²) in [5.41, 5.74) is 1.40. The highest BCUT2D eigenvalue weighted by Crippen LogP contribution is 2.32. The van der Waals surface area contributed by atoms with Crippen LogP contribution in [0.2, 0.25) is 0 Å². The van der Waals surface area contributed by atoms with Gasteiger partial charge in [0.2, 0.25) is 0 Å². The Morgan fingerprint density at radius 1 is 1.43 bits per heavy atom. The van der Waals surface area contributed by atoms with Crippen LogP contribution in [-0.2, 0) is 12.8 Å². The molecular weight excluding hydrogens is 282 g/mol. The van der Waals surface area contributed by atoms with Crippen LogP contribution in [0.15, 0.2) is 5.38 Å². The molecule has 2 aliphatic rings. The van der Waals surface area contributed by atoms with Crippen LogP contribution in [0.3, 0.4) is 0 Å². The van der Waals surface area contributed by atoms with Crippen molar-refractivity contribution >= 4 is 17.2 Å². The summed E-state index contributed by atoms with van der Waals surface area (Å²) >= 11 is 1.72. The van der Waals surface area contributed by atoms with Crippen LogP contribution in [0.4, 0.5) is 0 Å². The van der Waals surface area contributed by atoms with Crippen LogP contribution in [0.25, 0.3) is 0 Å². The minimum absolute atomic E-state index is 0.000974. The van der Waals surface area contributed by atoms with Crippen molar-refractivity contribution in [1.29, 1.82) is 0 Å². The number of aryl methyl sites for hydroxylation is 1. The molecule has 0 aromatic carbocycles. The van der Waals surface area contributed by atoms with Gasteiger partial charge in [-0.25, -0.2) is 0 Å². The summed E-state index contributed by atoms with van der Waals surface area (Å²) in [5, 5.41) is 15.6. The average molecular weight is 307 g/mol. The summed E-state index contributed by atoms with van der Waals surface area (Å²) in [7, 11) is 0. The molecule has 1 amide bonds. The fourth-order valence-electron chi connectivity index (χ4n) is 3.82. The molecular formula is C17H25NO2S. The highest BCUT2D eigenvalue weighted by Gasteiger charge is 2.33. The van der Waals surface area contributed by atoms with Gasteiger partial charge in [-0.1, -0.05) is 19.8 Å². The van der Waals surface area contributed by atoms with Crippen LogP contribution in [-0.4, -0.2) is 23.2 Å². The number of carbonyl (C=O) groups excluding carboxylic acids is 1. The summed E-state index contributed by atoms with van der Waals surface area (Å²) in [5.74, 6) is 0.551. The minimum Gasteiger partial charge on any atom is -0.388 e. The van der Waals surface area contributed by atoms with E-state index < -0.39 is 5.60 Å². The van der Waals surface area contributed by atoms with Gasteiger partial charge in [-0.3, -0.25) is 4.79 Å². The quantitative estimate of drug-likeness (QED) is 0.900. The second kappa shape index (κ2) is 6.09. The second-order valence-corrected chi connectivity index (χ2v) is 7.83. The maximum Gasteiger partial charge on any atom is 0.252 e. The van der Waals surface area contributed by atoms with Crippen molar-refractivity contribution in [2.24, 2.45) is 5.92 Å². The normalized spacial score (nSPS) is 29.0. The lowest BCUT2D eigenvalue weighted by atomic mass is 9.79. The smallest absolute Gasteiger partial charge is 0.252 e. The van der Waals surface area contributed by atoms with Gasteiger partial charge in [-0.05, 0) is 50.0 Å². The van der Waals surface area contributed by atoms with E-state index in [2.05, 4.69) is 12.2 Å². The van der Waals surface area contributed by atoms with Crippen molar-refractivity contribution in [2.45, 2.75) is 63.9 Å². The molecule has 2 aliphatic carbocycles. The van der Waals surface area contributed by atoms with Gasteiger partial charge in [0.1, 0.15) is 0 Å². The first kappa shape index (κ1) is 15.0. The Kier molecular flexibility index (Phi) is 4.36. The van der Waals surface area contributed by atoms with Gasteiger partial charge in [0.05, 0.1) is 11.2 Å². The van der Waals surface area contributed by atoms with Crippen molar-refractivity contribution in [3.63, 3.8) is 0 Å². The van der Waals surface area contributed by atoms with Crippen molar-refractivity contribution in [3.05, 3.63) is 21.4 Å². The summed E-state index contributed by atoms with van der Waals surface area (Å²) in [6.45, 7) is 2.57. The predicted octanol–water partition coefficient (Wildman–Crippen LogP) is 3.30. The third-order valence-corrected chi connectivity index (χ3v) is 6.04. The molecule has 3 rings (SSSR count). The molecule has 2 N–H and O–H groups in total. The first-order valence-corrected chi connectivity index (χ1v) is 9.05. The number of fused-ring (bicyclic) bond motifs is 1. The molecule has 2 atom stereocenters. The van der Waals surface area contributed by atoms with E-state index >= 15 is 0 Å². The number of thiophene rings is 1. The Morgan fingerprint density at radius 3 is 3.05 bits per heavy atom. The third kappa shape index (κ3) is 3.32. The molecule has 0 bridgehead atoms. The van der Waals surface area contributed by atoms with Crippen molar-refractivity contribution in [3.8, 4) is 0 Å². The van der Waals surface area contributed by atoms with Gasteiger partial charge in [0, 0.05) is 16.8 Å². The molecule has 1 saturated carbocycles.